The van der Waals surface area contributed by atoms with E-state index in [4.69, 9.17) is 9.15 Å². The van der Waals surface area contributed by atoms with E-state index >= 15 is 0 Å². The number of carbonyl (C=O) groups is 2. The van der Waals surface area contributed by atoms with E-state index in [-0.39, 0.29) is 24.8 Å². The average Bonchev–Trinajstić information content (AvgIpc) is 3.21. The summed E-state index contributed by atoms with van der Waals surface area (Å²) in [5.41, 5.74) is 1.49. The number of nitrogens with one attached hydrogen (secondary N) is 2. The number of ether oxygens (including phenoxy) is 1. The van der Waals surface area contributed by atoms with Gasteiger partial charge in [-0.3, -0.25) is 4.79 Å². The Labute approximate surface area is 132 Å². The molecule has 0 fully saturated rings. The van der Waals surface area contributed by atoms with Gasteiger partial charge in [-0.05, 0) is 37.3 Å². The predicted molar refractivity (Wildman–Crippen MR) is 84.1 cm³/mol. The summed E-state index contributed by atoms with van der Waals surface area (Å²) in [6, 6.07) is 10.5. The van der Waals surface area contributed by atoms with Crippen molar-refractivity contribution in [2.24, 2.45) is 0 Å². The van der Waals surface area contributed by atoms with Gasteiger partial charge < -0.3 is 19.5 Å². The highest BCUT2D eigenvalue weighted by Crippen LogP contribution is 2.17. The number of benzene rings is 1. The Morgan fingerprint density at radius 3 is 2.91 bits per heavy atom. The van der Waals surface area contributed by atoms with Gasteiger partial charge in [0.05, 0.1) is 13.2 Å². The summed E-state index contributed by atoms with van der Waals surface area (Å²) in [7, 11) is 0. The van der Waals surface area contributed by atoms with E-state index in [9.17, 15) is 9.59 Å². The Bertz CT molecular complexity index is 847. The van der Waals surface area contributed by atoms with E-state index in [1.807, 2.05) is 18.2 Å². The number of aromatic amines is 1. The molecule has 3 aromatic rings. The lowest BCUT2D eigenvalue weighted by Gasteiger charge is -2.05. The number of H-pyrrole nitrogens is 1. The zero-order valence-electron chi connectivity index (χ0n) is 12.6. The second-order valence-electron chi connectivity index (χ2n) is 4.91. The fourth-order valence-corrected chi connectivity index (χ4v) is 2.33. The number of carbonyl (C=O) groups excluding carboxylic acids is 2. The molecule has 1 amide bonds. The van der Waals surface area contributed by atoms with Gasteiger partial charge in [-0.2, -0.15) is 0 Å². The van der Waals surface area contributed by atoms with Gasteiger partial charge in [0.15, 0.2) is 0 Å². The van der Waals surface area contributed by atoms with Crippen LogP contribution in [0.5, 0.6) is 0 Å². The molecule has 0 aliphatic carbocycles. The summed E-state index contributed by atoms with van der Waals surface area (Å²) in [5.74, 6) is -0.0991. The topological polar surface area (TPSA) is 84.3 Å². The van der Waals surface area contributed by atoms with Crippen molar-refractivity contribution in [1.29, 1.82) is 0 Å². The number of rotatable bonds is 5. The molecule has 6 nitrogen and oxygen atoms in total. The van der Waals surface area contributed by atoms with Crippen LogP contribution in [-0.2, 0) is 11.3 Å². The Morgan fingerprint density at radius 2 is 2.09 bits per heavy atom. The van der Waals surface area contributed by atoms with Gasteiger partial charge in [0, 0.05) is 22.7 Å². The highest BCUT2D eigenvalue weighted by Gasteiger charge is 2.14. The summed E-state index contributed by atoms with van der Waals surface area (Å²) in [6.45, 7) is 2.20. The summed E-state index contributed by atoms with van der Waals surface area (Å²) >= 11 is 0. The summed E-state index contributed by atoms with van der Waals surface area (Å²) in [5, 5.41) is 3.64. The van der Waals surface area contributed by atoms with E-state index in [0.717, 1.165) is 10.9 Å². The van der Waals surface area contributed by atoms with Crippen molar-refractivity contribution in [3.63, 3.8) is 0 Å². The van der Waals surface area contributed by atoms with E-state index in [0.29, 0.717) is 11.3 Å². The minimum Gasteiger partial charge on any atom is -0.460 e. The number of amides is 1. The zero-order chi connectivity index (χ0) is 16.2. The second-order valence-corrected chi connectivity index (χ2v) is 4.91. The standard InChI is InChI=1S/C17H16N2O4/c1-2-22-17(21)15-7-6-11(23-15)10-19-16(20)13-4-3-5-14-12(13)8-9-18-14/h3-9,18H,2,10H2,1H3,(H,19,20). The molecule has 118 valence electrons. The van der Waals surface area contributed by atoms with Gasteiger partial charge >= 0.3 is 5.97 Å². The molecule has 0 bridgehead atoms. The molecule has 3 rings (SSSR count). The molecule has 0 saturated carbocycles. The maximum atomic E-state index is 12.3. The van der Waals surface area contributed by atoms with Crippen LogP contribution in [0.15, 0.2) is 47.0 Å². The van der Waals surface area contributed by atoms with Crippen LogP contribution in [0.25, 0.3) is 10.9 Å². The number of furan rings is 1. The third kappa shape index (κ3) is 3.11. The van der Waals surface area contributed by atoms with Crippen LogP contribution in [0.1, 0.15) is 33.6 Å². The monoisotopic (exact) mass is 312 g/mol. The largest absolute Gasteiger partial charge is 0.460 e. The second kappa shape index (κ2) is 6.39. The smallest absolute Gasteiger partial charge is 0.374 e. The Balaban J connectivity index is 1.67. The van der Waals surface area contributed by atoms with Crippen molar-refractivity contribution in [1.82, 2.24) is 10.3 Å². The van der Waals surface area contributed by atoms with Gasteiger partial charge in [-0.1, -0.05) is 6.07 Å². The fraction of sp³-hybridized carbons (Fsp3) is 0.176. The molecule has 0 atom stereocenters. The van der Waals surface area contributed by atoms with E-state index in [1.54, 1.807) is 25.3 Å². The molecule has 1 aromatic carbocycles. The number of aromatic nitrogens is 1. The lowest BCUT2D eigenvalue weighted by atomic mass is 10.1. The Hall–Kier alpha value is -3.02. The van der Waals surface area contributed by atoms with Gasteiger partial charge in [0.25, 0.3) is 5.91 Å². The van der Waals surface area contributed by atoms with Crippen molar-refractivity contribution < 1.29 is 18.7 Å². The molecule has 6 heteroatoms. The normalized spacial score (nSPS) is 10.7. The maximum absolute atomic E-state index is 12.3. The lowest BCUT2D eigenvalue weighted by molar-refractivity contribution is 0.0488. The van der Waals surface area contributed by atoms with Crippen molar-refractivity contribution in [2.75, 3.05) is 6.61 Å². The van der Waals surface area contributed by atoms with Crippen LogP contribution in [0, 0.1) is 0 Å². The summed E-state index contributed by atoms with van der Waals surface area (Å²) in [4.78, 5) is 26.9. The molecule has 0 unspecified atom stereocenters. The van der Waals surface area contributed by atoms with Crippen molar-refractivity contribution >= 4 is 22.8 Å². The molecule has 2 N–H and O–H groups in total. The highest BCUT2D eigenvalue weighted by molar-refractivity contribution is 6.06. The Morgan fingerprint density at radius 1 is 1.22 bits per heavy atom. The molecule has 0 saturated heterocycles. The quantitative estimate of drug-likeness (QED) is 0.709. The third-order valence-corrected chi connectivity index (χ3v) is 3.40. The van der Waals surface area contributed by atoms with Crippen LogP contribution in [-0.4, -0.2) is 23.5 Å². The SMILES string of the molecule is CCOC(=O)c1ccc(CNC(=O)c2cccc3[nH]ccc23)o1. The molecular weight excluding hydrogens is 296 g/mol. The lowest BCUT2D eigenvalue weighted by Crippen LogP contribution is -2.22. The van der Waals surface area contributed by atoms with E-state index in [2.05, 4.69) is 10.3 Å². The van der Waals surface area contributed by atoms with Crippen LogP contribution in [0.2, 0.25) is 0 Å². The van der Waals surface area contributed by atoms with Crippen molar-refractivity contribution in [3.8, 4) is 0 Å². The molecule has 23 heavy (non-hydrogen) atoms. The van der Waals surface area contributed by atoms with Crippen LogP contribution in [0.3, 0.4) is 0 Å². The van der Waals surface area contributed by atoms with E-state index < -0.39 is 5.97 Å². The number of esters is 1. The van der Waals surface area contributed by atoms with Crippen LogP contribution in [0.4, 0.5) is 0 Å². The number of hydrogen-bond donors (Lipinski definition) is 2. The molecule has 0 radical (unpaired) electrons. The van der Waals surface area contributed by atoms with Gasteiger partial charge in [-0.25, -0.2) is 4.79 Å². The molecular formula is C17H16N2O4. The van der Waals surface area contributed by atoms with Gasteiger partial charge in [-0.15, -0.1) is 0 Å². The zero-order valence-corrected chi connectivity index (χ0v) is 12.6. The predicted octanol–water partition coefficient (Wildman–Crippen LogP) is 2.87. The summed E-state index contributed by atoms with van der Waals surface area (Å²) < 4.78 is 10.2. The van der Waals surface area contributed by atoms with Crippen LogP contribution >= 0.6 is 0 Å². The van der Waals surface area contributed by atoms with Crippen LogP contribution < -0.4 is 5.32 Å². The number of hydrogen-bond acceptors (Lipinski definition) is 4. The first-order valence-corrected chi connectivity index (χ1v) is 7.29. The third-order valence-electron chi connectivity index (χ3n) is 3.40. The average molecular weight is 312 g/mol. The first kappa shape index (κ1) is 14.9. The summed E-state index contributed by atoms with van der Waals surface area (Å²) in [6.07, 6.45) is 1.79. The van der Waals surface area contributed by atoms with E-state index in [1.165, 1.54) is 6.07 Å². The first-order valence-electron chi connectivity index (χ1n) is 7.29. The molecule has 2 aromatic heterocycles. The fourth-order valence-electron chi connectivity index (χ4n) is 2.33. The number of fused-ring (bicyclic) bond motifs is 1. The van der Waals surface area contributed by atoms with Crippen molar-refractivity contribution in [2.45, 2.75) is 13.5 Å². The maximum Gasteiger partial charge on any atom is 0.374 e. The van der Waals surface area contributed by atoms with Gasteiger partial charge in [0.1, 0.15) is 5.76 Å². The molecule has 0 aliphatic heterocycles. The first-order chi connectivity index (χ1) is 11.2. The van der Waals surface area contributed by atoms with Crippen molar-refractivity contribution in [3.05, 3.63) is 59.7 Å². The molecule has 0 aliphatic rings. The minimum absolute atomic E-state index is 0.129. The minimum atomic E-state index is -0.512. The Kier molecular flexibility index (Phi) is 4.14. The highest BCUT2D eigenvalue weighted by atomic mass is 16.5. The van der Waals surface area contributed by atoms with Gasteiger partial charge in [0.2, 0.25) is 5.76 Å². The molecule has 0 spiro atoms. The molecule has 2 heterocycles.